The van der Waals surface area contributed by atoms with Gasteiger partial charge in [0.15, 0.2) is 0 Å². The van der Waals surface area contributed by atoms with Crippen LogP contribution in [0.3, 0.4) is 0 Å². The van der Waals surface area contributed by atoms with Crippen molar-refractivity contribution in [3.8, 4) is 0 Å². The van der Waals surface area contributed by atoms with Crippen LogP contribution < -0.4 is 5.73 Å². The van der Waals surface area contributed by atoms with Crippen LogP contribution in [-0.2, 0) is 6.42 Å². The smallest absolute Gasteiger partial charge is 0.123 e. The maximum absolute atomic E-state index is 13.3. The predicted octanol–water partition coefficient (Wildman–Crippen LogP) is 3.34. The standard InChI is InChI=1S/C14H16FNO/c1-3-13-12(4-5-17-13)14(16)10-6-9(2)7-11(15)8-10/h4-8,14H,3,16H2,1-2H3. The van der Waals surface area contributed by atoms with Gasteiger partial charge in [0.2, 0.25) is 0 Å². The number of hydrogen-bond acceptors (Lipinski definition) is 2. The molecule has 0 bridgehead atoms. The minimum atomic E-state index is -0.335. The number of nitrogens with two attached hydrogens (primary N) is 1. The Balaban J connectivity index is 2.39. The van der Waals surface area contributed by atoms with E-state index < -0.39 is 0 Å². The number of benzene rings is 1. The fourth-order valence-corrected chi connectivity index (χ4v) is 2.04. The molecule has 1 heterocycles. The van der Waals surface area contributed by atoms with Crippen LogP contribution in [0, 0.1) is 12.7 Å². The van der Waals surface area contributed by atoms with E-state index in [1.165, 1.54) is 12.1 Å². The summed E-state index contributed by atoms with van der Waals surface area (Å²) in [6.07, 6.45) is 2.41. The molecule has 1 aromatic carbocycles. The maximum atomic E-state index is 13.3. The Hall–Kier alpha value is -1.61. The summed E-state index contributed by atoms with van der Waals surface area (Å²) in [7, 11) is 0. The third-order valence-electron chi connectivity index (χ3n) is 2.86. The summed E-state index contributed by atoms with van der Waals surface area (Å²) in [5.41, 5.74) is 8.73. The minimum absolute atomic E-state index is 0.253. The molecule has 1 atom stereocenters. The first kappa shape index (κ1) is 11.9. The molecule has 0 aliphatic heterocycles. The van der Waals surface area contributed by atoms with Crippen molar-refractivity contribution in [2.45, 2.75) is 26.3 Å². The third kappa shape index (κ3) is 2.39. The van der Waals surface area contributed by atoms with Gasteiger partial charge in [0.05, 0.1) is 12.3 Å². The zero-order chi connectivity index (χ0) is 12.4. The Morgan fingerprint density at radius 2 is 2.12 bits per heavy atom. The molecule has 2 N–H and O–H groups in total. The summed E-state index contributed by atoms with van der Waals surface area (Å²) in [5, 5.41) is 0. The third-order valence-corrected chi connectivity index (χ3v) is 2.86. The van der Waals surface area contributed by atoms with Crippen molar-refractivity contribution in [2.75, 3.05) is 0 Å². The van der Waals surface area contributed by atoms with Gasteiger partial charge in [-0.15, -0.1) is 0 Å². The minimum Gasteiger partial charge on any atom is -0.469 e. The van der Waals surface area contributed by atoms with Gasteiger partial charge in [-0.05, 0) is 36.2 Å². The van der Waals surface area contributed by atoms with Gasteiger partial charge in [0, 0.05) is 12.0 Å². The quantitative estimate of drug-likeness (QED) is 0.883. The van der Waals surface area contributed by atoms with E-state index in [1.54, 1.807) is 6.26 Å². The predicted molar refractivity (Wildman–Crippen MR) is 65.3 cm³/mol. The molecule has 1 aromatic heterocycles. The fraction of sp³-hybridized carbons (Fsp3) is 0.286. The summed E-state index contributed by atoms with van der Waals surface area (Å²) < 4.78 is 18.7. The largest absolute Gasteiger partial charge is 0.469 e. The molecule has 0 radical (unpaired) electrons. The van der Waals surface area contributed by atoms with Crippen molar-refractivity contribution in [3.63, 3.8) is 0 Å². The van der Waals surface area contributed by atoms with Crippen molar-refractivity contribution in [1.29, 1.82) is 0 Å². The zero-order valence-electron chi connectivity index (χ0n) is 10.0. The highest BCUT2D eigenvalue weighted by atomic mass is 19.1. The molecular formula is C14H16FNO. The van der Waals surface area contributed by atoms with Crippen LogP contribution in [0.15, 0.2) is 34.9 Å². The Labute approximate surface area is 100 Å². The molecule has 0 amide bonds. The Morgan fingerprint density at radius 1 is 1.35 bits per heavy atom. The van der Waals surface area contributed by atoms with E-state index >= 15 is 0 Å². The molecule has 0 saturated carbocycles. The molecule has 2 rings (SSSR count). The molecule has 0 saturated heterocycles. The Kier molecular flexibility index (Phi) is 3.29. The highest BCUT2D eigenvalue weighted by Gasteiger charge is 2.15. The van der Waals surface area contributed by atoms with Gasteiger partial charge < -0.3 is 10.2 Å². The fourth-order valence-electron chi connectivity index (χ4n) is 2.04. The van der Waals surface area contributed by atoms with E-state index in [0.29, 0.717) is 0 Å². The van der Waals surface area contributed by atoms with Crippen LogP contribution >= 0.6 is 0 Å². The number of furan rings is 1. The average molecular weight is 233 g/mol. The Morgan fingerprint density at radius 3 is 2.76 bits per heavy atom. The summed E-state index contributed by atoms with van der Waals surface area (Å²) in [6, 6.07) is 6.39. The molecule has 90 valence electrons. The van der Waals surface area contributed by atoms with E-state index in [9.17, 15) is 4.39 Å². The number of hydrogen-bond donors (Lipinski definition) is 1. The van der Waals surface area contributed by atoms with E-state index in [0.717, 1.165) is 28.9 Å². The van der Waals surface area contributed by atoms with Crippen molar-refractivity contribution >= 4 is 0 Å². The summed E-state index contributed by atoms with van der Waals surface area (Å²) in [6.45, 7) is 3.86. The lowest BCUT2D eigenvalue weighted by atomic mass is 9.98. The van der Waals surface area contributed by atoms with Crippen LogP contribution in [0.1, 0.15) is 35.4 Å². The highest BCUT2D eigenvalue weighted by Crippen LogP contribution is 2.25. The molecule has 2 nitrogen and oxygen atoms in total. The zero-order valence-corrected chi connectivity index (χ0v) is 10.0. The molecule has 0 fully saturated rings. The summed E-state index contributed by atoms with van der Waals surface area (Å²) in [5.74, 6) is 0.608. The maximum Gasteiger partial charge on any atom is 0.123 e. The topological polar surface area (TPSA) is 39.2 Å². The second-order valence-electron chi connectivity index (χ2n) is 4.19. The van der Waals surface area contributed by atoms with Crippen LogP contribution in [0.5, 0.6) is 0 Å². The van der Waals surface area contributed by atoms with Crippen LogP contribution in [-0.4, -0.2) is 0 Å². The molecule has 0 aliphatic carbocycles. The first-order chi connectivity index (χ1) is 8.11. The van der Waals surface area contributed by atoms with Gasteiger partial charge in [-0.2, -0.15) is 0 Å². The molecule has 0 spiro atoms. The van der Waals surface area contributed by atoms with Crippen molar-refractivity contribution in [2.24, 2.45) is 5.73 Å². The van der Waals surface area contributed by atoms with E-state index in [2.05, 4.69) is 0 Å². The van der Waals surface area contributed by atoms with Gasteiger partial charge in [-0.25, -0.2) is 4.39 Å². The molecule has 3 heteroatoms. The molecule has 2 aromatic rings. The van der Waals surface area contributed by atoms with Gasteiger partial charge in [-0.1, -0.05) is 13.0 Å². The normalized spacial score (nSPS) is 12.7. The van der Waals surface area contributed by atoms with E-state index in [-0.39, 0.29) is 11.9 Å². The van der Waals surface area contributed by atoms with Crippen molar-refractivity contribution in [1.82, 2.24) is 0 Å². The highest BCUT2D eigenvalue weighted by molar-refractivity contribution is 5.35. The molecule has 1 unspecified atom stereocenters. The van der Waals surface area contributed by atoms with Crippen LogP contribution in [0.4, 0.5) is 4.39 Å². The van der Waals surface area contributed by atoms with Crippen molar-refractivity contribution in [3.05, 3.63) is 58.8 Å². The van der Waals surface area contributed by atoms with E-state index in [4.69, 9.17) is 10.2 Å². The first-order valence-corrected chi connectivity index (χ1v) is 5.70. The SMILES string of the molecule is CCc1occc1C(N)c1cc(C)cc(F)c1. The second kappa shape index (κ2) is 4.72. The van der Waals surface area contributed by atoms with Crippen LogP contribution in [0.2, 0.25) is 0 Å². The van der Waals surface area contributed by atoms with Crippen LogP contribution in [0.25, 0.3) is 0 Å². The van der Waals surface area contributed by atoms with Gasteiger partial charge in [-0.3, -0.25) is 0 Å². The Bertz CT molecular complexity index is 498. The lowest BCUT2D eigenvalue weighted by Crippen LogP contribution is -2.13. The number of aryl methyl sites for hydroxylation is 2. The van der Waals surface area contributed by atoms with Gasteiger partial charge >= 0.3 is 0 Å². The number of rotatable bonds is 3. The second-order valence-corrected chi connectivity index (χ2v) is 4.19. The van der Waals surface area contributed by atoms with Gasteiger partial charge in [0.1, 0.15) is 11.6 Å². The number of halogens is 1. The molecule has 17 heavy (non-hydrogen) atoms. The lowest BCUT2D eigenvalue weighted by molar-refractivity contribution is 0.509. The molecule has 0 aliphatic rings. The summed E-state index contributed by atoms with van der Waals surface area (Å²) in [4.78, 5) is 0. The monoisotopic (exact) mass is 233 g/mol. The molecular weight excluding hydrogens is 217 g/mol. The lowest BCUT2D eigenvalue weighted by Gasteiger charge is -2.13. The summed E-state index contributed by atoms with van der Waals surface area (Å²) >= 11 is 0. The van der Waals surface area contributed by atoms with Gasteiger partial charge in [0.25, 0.3) is 0 Å². The first-order valence-electron chi connectivity index (χ1n) is 5.70. The van der Waals surface area contributed by atoms with Crippen molar-refractivity contribution < 1.29 is 8.81 Å². The van der Waals surface area contributed by atoms with E-state index in [1.807, 2.05) is 26.0 Å². The average Bonchev–Trinajstić information content (AvgIpc) is 2.74.